The molecule has 7 nitrogen and oxygen atoms in total. The Hall–Kier alpha value is -2.49. The maximum atomic E-state index is 13.4. The minimum absolute atomic E-state index is 0.481. The lowest BCUT2D eigenvalue weighted by molar-refractivity contribution is 0.582. The fourth-order valence-corrected chi connectivity index (χ4v) is 2.44. The van der Waals surface area contributed by atoms with Crippen molar-refractivity contribution in [3.05, 3.63) is 56.9 Å². The van der Waals surface area contributed by atoms with E-state index < -0.39 is 43.5 Å². The van der Waals surface area contributed by atoms with Gasteiger partial charge in [-0.3, -0.25) is 14.5 Å². The van der Waals surface area contributed by atoms with Crippen molar-refractivity contribution < 1.29 is 17.2 Å². The van der Waals surface area contributed by atoms with E-state index in [1.54, 1.807) is 9.71 Å². The number of anilines is 1. The smallest absolute Gasteiger partial charge is 0.313 e. The van der Waals surface area contributed by atoms with Gasteiger partial charge in [-0.1, -0.05) is 0 Å². The lowest BCUT2D eigenvalue weighted by Gasteiger charge is -2.07. The number of nitrogens with one attached hydrogen (secondary N) is 3. The molecule has 0 bridgehead atoms. The molecule has 20 heavy (non-hydrogen) atoms. The maximum absolute atomic E-state index is 13.4. The highest BCUT2D eigenvalue weighted by Gasteiger charge is 2.20. The van der Waals surface area contributed by atoms with Crippen molar-refractivity contribution in [2.24, 2.45) is 0 Å². The fourth-order valence-electron chi connectivity index (χ4n) is 1.37. The van der Waals surface area contributed by atoms with Gasteiger partial charge in [-0.05, 0) is 12.1 Å². The zero-order valence-corrected chi connectivity index (χ0v) is 10.4. The largest absolute Gasteiger partial charge is 0.325 e. The highest BCUT2D eigenvalue weighted by atomic mass is 32.2. The molecule has 1 aromatic heterocycles. The molecule has 1 heterocycles. The summed E-state index contributed by atoms with van der Waals surface area (Å²) in [7, 11) is -4.42. The van der Waals surface area contributed by atoms with Crippen LogP contribution >= 0.6 is 0 Å². The zero-order chi connectivity index (χ0) is 14.9. The van der Waals surface area contributed by atoms with Crippen LogP contribution in [0.4, 0.5) is 14.5 Å². The Bertz CT molecular complexity index is 873. The number of benzene rings is 1. The molecule has 0 aliphatic rings. The second-order valence-electron chi connectivity index (χ2n) is 3.67. The first kappa shape index (κ1) is 13.9. The number of H-pyrrole nitrogens is 2. The molecule has 2 aromatic rings. The molecular formula is C10H7F2N3O4S. The lowest BCUT2D eigenvalue weighted by Crippen LogP contribution is -2.29. The van der Waals surface area contributed by atoms with Crippen LogP contribution in [0.15, 0.2) is 38.9 Å². The molecule has 0 saturated heterocycles. The summed E-state index contributed by atoms with van der Waals surface area (Å²) in [5.74, 6) is -2.03. The van der Waals surface area contributed by atoms with Crippen molar-refractivity contribution in [1.29, 1.82) is 0 Å². The molecule has 10 heteroatoms. The monoisotopic (exact) mass is 303 g/mol. The van der Waals surface area contributed by atoms with Crippen LogP contribution in [-0.4, -0.2) is 18.4 Å². The molecule has 0 atom stereocenters. The van der Waals surface area contributed by atoms with Crippen molar-refractivity contribution in [2.75, 3.05) is 4.72 Å². The third-order valence-electron chi connectivity index (χ3n) is 2.25. The molecule has 0 unspecified atom stereocenters. The van der Waals surface area contributed by atoms with Crippen LogP contribution < -0.4 is 16.0 Å². The minimum Gasteiger partial charge on any atom is -0.313 e. The Morgan fingerprint density at radius 2 is 1.85 bits per heavy atom. The molecule has 106 valence electrons. The van der Waals surface area contributed by atoms with Gasteiger partial charge in [0.2, 0.25) is 0 Å². The number of aromatic nitrogens is 2. The number of sulfonamides is 1. The van der Waals surface area contributed by atoms with Gasteiger partial charge in [-0.2, -0.15) is 0 Å². The van der Waals surface area contributed by atoms with Gasteiger partial charge in [0, 0.05) is 12.3 Å². The van der Waals surface area contributed by atoms with Crippen molar-refractivity contribution in [1.82, 2.24) is 9.97 Å². The topological polar surface area (TPSA) is 112 Å². The summed E-state index contributed by atoms with van der Waals surface area (Å²) in [6.45, 7) is 0. The molecule has 0 aliphatic heterocycles. The first-order chi connectivity index (χ1) is 9.29. The molecule has 0 spiro atoms. The molecule has 0 fully saturated rings. The molecule has 0 saturated carbocycles. The number of hydrogen-bond acceptors (Lipinski definition) is 4. The van der Waals surface area contributed by atoms with Gasteiger partial charge in [0.05, 0.1) is 5.69 Å². The Morgan fingerprint density at radius 1 is 1.15 bits per heavy atom. The van der Waals surface area contributed by atoms with E-state index >= 15 is 0 Å². The van der Waals surface area contributed by atoms with E-state index in [0.717, 1.165) is 12.1 Å². The van der Waals surface area contributed by atoms with E-state index in [9.17, 15) is 26.8 Å². The summed E-state index contributed by atoms with van der Waals surface area (Å²) in [5, 5.41) is 0. The third-order valence-corrected chi connectivity index (χ3v) is 3.62. The predicted molar refractivity (Wildman–Crippen MR) is 64.8 cm³/mol. The predicted octanol–water partition coefficient (Wildman–Crippen LogP) is 0.142. The first-order valence-corrected chi connectivity index (χ1v) is 6.58. The molecule has 3 N–H and O–H groups in total. The normalized spacial score (nSPS) is 11.3. The second kappa shape index (κ2) is 4.89. The van der Waals surface area contributed by atoms with Gasteiger partial charge in [0.25, 0.3) is 15.6 Å². The molecule has 0 radical (unpaired) electrons. The zero-order valence-electron chi connectivity index (χ0n) is 9.61. The first-order valence-electron chi connectivity index (χ1n) is 5.09. The Labute approximate surface area is 110 Å². The van der Waals surface area contributed by atoms with Crippen LogP contribution in [0, 0.1) is 11.6 Å². The van der Waals surface area contributed by atoms with Crippen LogP contribution in [0.25, 0.3) is 0 Å². The second-order valence-corrected chi connectivity index (χ2v) is 5.32. The summed E-state index contributed by atoms with van der Waals surface area (Å²) >= 11 is 0. The van der Waals surface area contributed by atoms with Gasteiger partial charge >= 0.3 is 5.69 Å². The van der Waals surface area contributed by atoms with E-state index in [-0.39, 0.29) is 0 Å². The quantitative estimate of drug-likeness (QED) is 0.748. The van der Waals surface area contributed by atoms with E-state index in [2.05, 4.69) is 0 Å². The van der Waals surface area contributed by atoms with Crippen molar-refractivity contribution in [3.8, 4) is 0 Å². The van der Waals surface area contributed by atoms with Crippen LogP contribution in [-0.2, 0) is 10.0 Å². The summed E-state index contributed by atoms with van der Waals surface area (Å²) in [5.41, 5.74) is -2.58. The number of halogens is 2. The van der Waals surface area contributed by atoms with Crippen LogP contribution in [0.5, 0.6) is 0 Å². The average Bonchev–Trinajstić information content (AvgIpc) is 2.32. The summed E-state index contributed by atoms with van der Waals surface area (Å²) in [6, 6.07) is 2.19. The van der Waals surface area contributed by atoms with E-state index in [0.29, 0.717) is 12.3 Å². The van der Waals surface area contributed by atoms with Crippen molar-refractivity contribution in [3.63, 3.8) is 0 Å². The third kappa shape index (κ3) is 2.74. The van der Waals surface area contributed by atoms with E-state index in [1.165, 1.54) is 0 Å². The highest BCUT2D eigenvalue weighted by Crippen LogP contribution is 2.18. The van der Waals surface area contributed by atoms with Gasteiger partial charge in [-0.15, -0.1) is 0 Å². The van der Waals surface area contributed by atoms with E-state index in [1.807, 2.05) is 4.98 Å². The molecule has 0 amide bonds. The highest BCUT2D eigenvalue weighted by molar-refractivity contribution is 7.92. The number of aromatic amines is 2. The summed E-state index contributed by atoms with van der Waals surface area (Å²) in [4.78, 5) is 25.0. The van der Waals surface area contributed by atoms with Crippen LogP contribution in [0.1, 0.15) is 0 Å². The molecule has 1 aromatic carbocycles. The minimum atomic E-state index is -4.42. The lowest BCUT2D eigenvalue weighted by atomic mass is 10.3. The number of hydrogen-bond donors (Lipinski definition) is 3. The SMILES string of the molecule is O=c1[nH]cc(S(=O)(=O)Nc2ccc(F)cc2F)c(=O)[nH]1. The Morgan fingerprint density at radius 3 is 2.45 bits per heavy atom. The Kier molecular flexibility index (Phi) is 3.40. The van der Waals surface area contributed by atoms with E-state index in [4.69, 9.17) is 0 Å². The molecule has 2 rings (SSSR count). The van der Waals surface area contributed by atoms with Crippen molar-refractivity contribution in [2.45, 2.75) is 4.90 Å². The molecule has 0 aliphatic carbocycles. The summed E-state index contributed by atoms with van der Waals surface area (Å²) in [6.07, 6.45) is 0.672. The Balaban J connectivity index is 2.46. The van der Waals surface area contributed by atoms with Gasteiger partial charge in [0.1, 0.15) is 11.6 Å². The number of rotatable bonds is 3. The standard InChI is InChI=1S/C10H7F2N3O4S/c11-5-1-2-7(6(12)3-5)15-20(18,19)8-4-13-10(17)14-9(8)16/h1-4,15H,(H2,13,14,16,17). The summed E-state index contributed by atoms with van der Waals surface area (Å²) < 4.78 is 51.5. The average molecular weight is 303 g/mol. The van der Waals surface area contributed by atoms with Gasteiger partial charge in [-0.25, -0.2) is 22.0 Å². The molecular weight excluding hydrogens is 296 g/mol. The maximum Gasteiger partial charge on any atom is 0.325 e. The van der Waals surface area contributed by atoms with Gasteiger partial charge < -0.3 is 4.98 Å². The van der Waals surface area contributed by atoms with Gasteiger partial charge in [0.15, 0.2) is 4.90 Å². The van der Waals surface area contributed by atoms with Crippen LogP contribution in [0.3, 0.4) is 0 Å². The van der Waals surface area contributed by atoms with Crippen molar-refractivity contribution >= 4 is 15.7 Å². The fraction of sp³-hybridized carbons (Fsp3) is 0. The van der Waals surface area contributed by atoms with Crippen LogP contribution in [0.2, 0.25) is 0 Å².